The molecule has 134 valence electrons. The number of oxazole rings is 1. The van der Waals surface area contributed by atoms with Gasteiger partial charge in [-0.1, -0.05) is 6.07 Å². The van der Waals surface area contributed by atoms with E-state index in [2.05, 4.69) is 20.4 Å². The van der Waals surface area contributed by atoms with Gasteiger partial charge in [0.1, 0.15) is 12.0 Å². The lowest BCUT2D eigenvalue weighted by molar-refractivity contribution is -0.0498. The number of amides is 2. The van der Waals surface area contributed by atoms with Crippen molar-refractivity contribution in [1.82, 2.24) is 4.98 Å². The monoisotopic (exact) mass is 363 g/mol. The van der Waals surface area contributed by atoms with Gasteiger partial charge >= 0.3 is 12.6 Å². The van der Waals surface area contributed by atoms with Crippen LogP contribution >= 0.6 is 0 Å². The van der Waals surface area contributed by atoms with Crippen LogP contribution in [0.3, 0.4) is 0 Å². The van der Waals surface area contributed by atoms with Crippen LogP contribution in [-0.2, 0) is 0 Å². The average Bonchev–Trinajstić information content (AvgIpc) is 3.26. The van der Waals surface area contributed by atoms with E-state index in [1.165, 1.54) is 42.7 Å². The first-order chi connectivity index (χ1) is 12.5. The van der Waals surface area contributed by atoms with Crippen molar-refractivity contribution in [1.29, 1.82) is 0 Å². The van der Waals surface area contributed by atoms with Gasteiger partial charge < -0.3 is 18.9 Å². The molecule has 0 saturated heterocycles. The number of nitrogens with one attached hydrogen (secondary N) is 2. The minimum Gasteiger partial charge on any atom is -0.459 e. The van der Waals surface area contributed by atoms with E-state index < -0.39 is 18.4 Å². The van der Waals surface area contributed by atoms with Crippen molar-refractivity contribution >= 4 is 23.5 Å². The highest BCUT2D eigenvalue weighted by molar-refractivity contribution is 6.04. The Balaban J connectivity index is 1.64. The highest BCUT2D eigenvalue weighted by Crippen LogP contribution is 2.20. The van der Waals surface area contributed by atoms with Crippen molar-refractivity contribution in [2.45, 2.75) is 6.61 Å². The number of ether oxygens (including phenoxy) is 1. The number of benzene rings is 1. The predicted molar refractivity (Wildman–Crippen MR) is 84.2 cm³/mol. The lowest BCUT2D eigenvalue weighted by Crippen LogP contribution is -2.14. The molecule has 0 spiro atoms. The lowest BCUT2D eigenvalue weighted by Gasteiger charge is -2.07. The van der Waals surface area contributed by atoms with Crippen LogP contribution in [0.25, 0.3) is 0 Å². The van der Waals surface area contributed by atoms with E-state index >= 15 is 0 Å². The van der Waals surface area contributed by atoms with Gasteiger partial charge in [0.15, 0.2) is 11.5 Å². The Morgan fingerprint density at radius 2 is 1.92 bits per heavy atom. The standard InChI is InChI=1S/C16H11F2N3O5/c17-15(18)26-10-4-1-3-9(7-10)19-13(22)11-8-25-16(20-11)21-14(23)12-5-2-6-24-12/h1-8,15H,(H,19,22)(H,20,21,23). The molecule has 2 amide bonds. The number of alkyl halides is 2. The molecule has 0 fully saturated rings. The second-order valence-corrected chi connectivity index (χ2v) is 4.83. The Kier molecular flexibility index (Phi) is 4.92. The predicted octanol–water partition coefficient (Wildman–Crippen LogP) is 3.37. The molecule has 0 unspecified atom stereocenters. The molecule has 8 nitrogen and oxygen atoms in total. The van der Waals surface area contributed by atoms with Crippen LogP contribution in [0.15, 0.2) is 57.8 Å². The number of aromatic nitrogens is 1. The molecular formula is C16H11F2N3O5. The topological polar surface area (TPSA) is 107 Å². The Morgan fingerprint density at radius 1 is 1.08 bits per heavy atom. The molecule has 0 aliphatic carbocycles. The first-order valence-corrected chi connectivity index (χ1v) is 7.18. The Hall–Kier alpha value is -3.69. The van der Waals surface area contributed by atoms with Crippen LogP contribution in [0.2, 0.25) is 0 Å². The Labute approximate surface area is 144 Å². The number of rotatable bonds is 6. The van der Waals surface area contributed by atoms with E-state index in [4.69, 9.17) is 8.83 Å². The van der Waals surface area contributed by atoms with Crippen LogP contribution < -0.4 is 15.4 Å². The second kappa shape index (κ2) is 7.47. The molecule has 2 N–H and O–H groups in total. The average molecular weight is 363 g/mol. The summed E-state index contributed by atoms with van der Waals surface area (Å²) in [5.41, 5.74) is 0.0947. The molecule has 3 aromatic rings. The molecule has 0 atom stereocenters. The summed E-state index contributed by atoms with van der Waals surface area (Å²) in [5.74, 6) is -1.32. The van der Waals surface area contributed by atoms with Crippen molar-refractivity contribution in [3.8, 4) is 5.75 Å². The zero-order chi connectivity index (χ0) is 18.5. The SMILES string of the molecule is O=C(Nc1cccc(OC(F)F)c1)c1coc(NC(=O)c2ccco2)n1. The van der Waals surface area contributed by atoms with Crippen molar-refractivity contribution in [3.05, 3.63) is 60.4 Å². The van der Waals surface area contributed by atoms with Gasteiger partial charge in [-0.3, -0.25) is 14.9 Å². The highest BCUT2D eigenvalue weighted by atomic mass is 19.3. The molecule has 0 saturated carbocycles. The van der Waals surface area contributed by atoms with Crippen LogP contribution in [0.5, 0.6) is 5.75 Å². The molecule has 0 radical (unpaired) electrons. The molecular weight excluding hydrogens is 352 g/mol. The van der Waals surface area contributed by atoms with Gasteiger partial charge in [-0.05, 0) is 24.3 Å². The van der Waals surface area contributed by atoms with Crippen LogP contribution in [0, 0.1) is 0 Å². The third kappa shape index (κ3) is 4.23. The van der Waals surface area contributed by atoms with Crippen molar-refractivity contribution < 1.29 is 31.9 Å². The van der Waals surface area contributed by atoms with E-state index in [0.717, 1.165) is 6.26 Å². The van der Waals surface area contributed by atoms with Gasteiger partial charge in [-0.15, -0.1) is 0 Å². The summed E-state index contributed by atoms with van der Waals surface area (Å²) >= 11 is 0. The zero-order valence-corrected chi connectivity index (χ0v) is 12.9. The van der Waals surface area contributed by atoms with E-state index in [-0.39, 0.29) is 28.9 Å². The number of hydrogen-bond donors (Lipinski definition) is 2. The number of nitrogens with zero attached hydrogens (tertiary/aromatic N) is 1. The summed E-state index contributed by atoms with van der Waals surface area (Å²) in [6.45, 7) is -2.98. The second-order valence-electron chi connectivity index (χ2n) is 4.83. The smallest absolute Gasteiger partial charge is 0.387 e. The molecule has 2 aromatic heterocycles. The lowest BCUT2D eigenvalue weighted by atomic mass is 10.3. The fourth-order valence-corrected chi connectivity index (χ4v) is 1.95. The fraction of sp³-hybridized carbons (Fsp3) is 0.0625. The van der Waals surface area contributed by atoms with Crippen molar-refractivity contribution in [3.63, 3.8) is 0 Å². The first-order valence-electron chi connectivity index (χ1n) is 7.18. The van der Waals surface area contributed by atoms with E-state index in [9.17, 15) is 18.4 Å². The summed E-state index contributed by atoms with van der Waals surface area (Å²) in [6.07, 6.45) is 2.36. The van der Waals surface area contributed by atoms with E-state index in [0.29, 0.717) is 0 Å². The van der Waals surface area contributed by atoms with Gasteiger partial charge in [-0.25, -0.2) is 0 Å². The summed E-state index contributed by atoms with van der Waals surface area (Å²) in [5, 5.41) is 4.77. The minimum absolute atomic E-state index is 0.0463. The zero-order valence-electron chi connectivity index (χ0n) is 12.9. The molecule has 0 aliphatic rings. The molecule has 2 heterocycles. The third-order valence-electron chi connectivity index (χ3n) is 3.02. The highest BCUT2D eigenvalue weighted by Gasteiger charge is 2.16. The van der Waals surface area contributed by atoms with Crippen molar-refractivity contribution in [2.24, 2.45) is 0 Å². The third-order valence-corrected chi connectivity index (χ3v) is 3.02. The normalized spacial score (nSPS) is 10.6. The largest absolute Gasteiger partial charge is 0.459 e. The number of carbonyl (C=O) groups excluding carboxylic acids is 2. The summed E-state index contributed by atoms with van der Waals surface area (Å²) in [7, 11) is 0. The first kappa shape index (κ1) is 17.1. The summed E-state index contributed by atoms with van der Waals surface area (Å²) in [6, 6.07) is 8.24. The number of furan rings is 1. The van der Waals surface area contributed by atoms with Crippen LogP contribution in [0.4, 0.5) is 20.5 Å². The van der Waals surface area contributed by atoms with Crippen LogP contribution in [0.1, 0.15) is 21.0 Å². The van der Waals surface area contributed by atoms with Gasteiger partial charge in [0.2, 0.25) is 0 Å². The maximum Gasteiger partial charge on any atom is 0.387 e. The molecule has 26 heavy (non-hydrogen) atoms. The fourth-order valence-electron chi connectivity index (χ4n) is 1.95. The Morgan fingerprint density at radius 3 is 2.65 bits per heavy atom. The number of anilines is 2. The maximum absolute atomic E-state index is 12.2. The maximum atomic E-state index is 12.2. The molecule has 3 rings (SSSR count). The van der Waals surface area contributed by atoms with Gasteiger partial charge in [0.25, 0.3) is 11.8 Å². The van der Waals surface area contributed by atoms with Crippen molar-refractivity contribution in [2.75, 3.05) is 10.6 Å². The molecule has 10 heteroatoms. The minimum atomic E-state index is -2.98. The Bertz CT molecular complexity index is 908. The van der Waals surface area contributed by atoms with E-state index in [1.54, 1.807) is 0 Å². The van der Waals surface area contributed by atoms with Gasteiger partial charge in [0, 0.05) is 11.8 Å². The number of hydrogen-bond acceptors (Lipinski definition) is 6. The number of halogens is 2. The molecule has 0 aliphatic heterocycles. The van der Waals surface area contributed by atoms with Gasteiger partial charge in [0.05, 0.1) is 6.26 Å². The molecule has 1 aromatic carbocycles. The summed E-state index contributed by atoms with van der Waals surface area (Å²) < 4.78 is 38.6. The van der Waals surface area contributed by atoms with E-state index in [1.807, 2.05) is 0 Å². The molecule has 0 bridgehead atoms. The van der Waals surface area contributed by atoms with Gasteiger partial charge in [-0.2, -0.15) is 13.8 Å². The number of carbonyl (C=O) groups is 2. The summed E-state index contributed by atoms with van der Waals surface area (Å²) in [4.78, 5) is 27.7. The quantitative estimate of drug-likeness (QED) is 0.695. The van der Waals surface area contributed by atoms with Crippen LogP contribution in [-0.4, -0.2) is 23.4 Å².